The van der Waals surface area contributed by atoms with Crippen molar-refractivity contribution in [1.82, 2.24) is 4.90 Å². The van der Waals surface area contributed by atoms with E-state index >= 15 is 0 Å². The van der Waals surface area contributed by atoms with E-state index < -0.39 is 53.9 Å². The van der Waals surface area contributed by atoms with Crippen molar-refractivity contribution in [1.29, 1.82) is 0 Å². The molecule has 1 aliphatic rings. The lowest BCUT2D eigenvalue weighted by Crippen LogP contribution is -2.47. The number of carbonyl (C=O) groups is 1. The second-order valence-electron chi connectivity index (χ2n) is 9.58. The Labute approximate surface area is 210 Å². The highest BCUT2D eigenvalue weighted by Gasteiger charge is 2.40. The van der Waals surface area contributed by atoms with Gasteiger partial charge in [-0.15, -0.1) is 0 Å². The van der Waals surface area contributed by atoms with Gasteiger partial charge >= 0.3 is 18.4 Å². The first kappa shape index (κ1) is 28.1. The minimum atomic E-state index is -4.96. The Balaban J connectivity index is 1.93. The molecule has 1 heterocycles. The van der Waals surface area contributed by atoms with Crippen LogP contribution in [0.15, 0.2) is 42.5 Å². The van der Waals surface area contributed by atoms with Crippen molar-refractivity contribution >= 4 is 17.7 Å². The molecule has 0 bridgehead atoms. The second kappa shape index (κ2) is 10.5. The van der Waals surface area contributed by atoms with Crippen LogP contribution in [-0.2, 0) is 28.4 Å². The zero-order valence-corrected chi connectivity index (χ0v) is 20.6. The zero-order valence-electron chi connectivity index (χ0n) is 19.8. The van der Waals surface area contributed by atoms with Crippen LogP contribution in [0.5, 0.6) is 0 Å². The Morgan fingerprint density at radius 2 is 1.61 bits per heavy atom. The summed E-state index contributed by atoms with van der Waals surface area (Å²) in [6.07, 6.45) is -10.3. The van der Waals surface area contributed by atoms with Gasteiger partial charge in [-0.3, -0.25) is 4.90 Å². The average Bonchev–Trinajstić information content (AvgIpc) is 2.75. The molecular formula is C25H26ClF6NO3. The molecular weight excluding hydrogens is 512 g/mol. The molecule has 1 fully saturated rings. The fourth-order valence-corrected chi connectivity index (χ4v) is 4.25. The van der Waals surface area contributed by atoms with E-state index in [0.29, 0.717) is 42.1 Å². The van der Waals surface area contributed by atoms with Crippen LogP contribution in [-0.4, -0.2) is 29.2 Å². The molecule has 1 saturated heterocycles. The molecule has 4 nitrogen and oxygen atoms in total. The summed E-state index contributed by atoms with van der Waals surface area (Å²) in [7, 11) is 0. The summed E-state index contributed by atoms with van der Waals surface area (Å²) in [6.45, 7) is 4.94. The number of alkyl halides is 6. The number of piperidine rings is 1. The van der Waals surface area contributed by atoms with E-state index in [1.807, 2.05) is 0 Å². The standard InChI is InChI=1S/C25H26ClF6NO3/c1-23(2,3)36-22(34)33-9-5-8-20(21(33)16-6-4-7-19(26)12-16)35-14-15-10-17(24(27,28)29)13-18(11-15)25(30,31)32/h4,6-7,10-13,20-21H,5,8-9,14H2,1-3H3/t20-,21-/m1/s1. The van der Waals surface area contributed by atoms with Crippen molar-refractivity contribution < 1.29 is 40.6 Å². The molecule has 0 radical (unpaired) electrons. The maximum absolute atomic E-state index is 13.2. The average molecular weight is 538 g/mol. The third-order valence-corrected chi connectivity index (χ3v) is 5.74. The number of halogens is 7. The van der Waals surface area contributed by atoms with E-state index in [9.17, 15) is 31.1 Å². The summed E-state index contributed by atoms with van der Waals surface area (Å²) in [4.78, 5) is 14.4. The van der Waals surface area contributed by atoms with Gasteiger partial charge in [0.25, 0.3) is 0 Å². The Morgan fingerprint density at radius 3 is 2.14 bits per heavy atom. The van der Waals surface area contributed by atoms with Crippen LogP contribution < -0.4 is 0 Å². The molecule has 1 amide bonds. The van der Waals surface area contributed by atoms with Crippen LogP contribution >= 0.6 is 11.6 Å². The van der Waals surface area contributed by atoms with E-state index in [2.05, 4.69) is 0 Å². The van der Waals surface area contributed by atoms with Crippen LogP contribution in [0, 0.1) is 0 Å². The summed E-state index contributed by atoms with van der Waals surface area (Å²) in [6, 6.07) is 7.32. The summed E-state index contributed by atoms with van der Waals surface area (Å²) in [5.41, 5.74) is -3.28. The molecule has 0 spiro atoms. The first-order valence-electron chi connectivity index (χ1n) is 11.2. The first-order chi connectivity index (χ1) is 16.5. The van der Waals surface area contributed by atoms with Gasteiger partial charge in [-0.05, 0) is 75.1 Å². The molecule has 0 saturated carbocycles. The fraction of sp³-hybridized carbons (Fsp3) is 0.480. The van der Waals surface area contributed by atoms with Crippen molar-refractivity contribution in [2.24, 2.45) is 0 Å². The van der Waals surface area contributed by atoms with Crippen LogP contribution in [0.2, 0.25) is 5.02 Å². The molecule has 36 heavy (non-hydrogen) atoms. The fourth-order valence-electron chi connectivity index (χ4n) is 4.05. The number of rotatable bonds is 4. The van der Waals surface area contributed by atoms with E-state index in [-0.39, 0.29) is 11.6 Å². The maximum Gasteiger partial charge on any atom is 0.416 e. The lowest BCUT2D eigenvalue weighted by atomic mass is 9.92. The number of amides is 1. The van der Waals surface area contributed by atoms with Gasteiger partial charge in [-0.1, -0.05) is 23.7 Å². The largest absolute Gasteiger partial charge is 0.444 e. The highest BCUT2D eigenvalue weighted by Crippen LogP contribution is 2.38. The molecule has 0 aliphatic carbocycles. The SMILES string of the molecule is CC(C)(C)OC(=O)N1CCC[C@@H](OCc2cc(C(F)(F)F)cc(C(F)(F)F)c2)[C@H]1c1cccc(Cl)c1. The molecule has 198 valence electrons. The smallest absolute Gasteiger partial charge is 0.416 e. The number of carbonyl (C=O) groups excluding carboxylic acids is 1. The number of benzene rings is 2. The maximum atomic E-state index is 13.2. The number of ether oxygens (including phenoxy) is 2. The number of hydrogen-bond acceptors (Lipinski definition) is 3. The third kappa shape index (κ3) is 7.29. The number of hydrogen-bond donors (Lipinski definition) is 0. The minimum absolute atomic E-state index is 0.0725. The monoisotopic (exact) mass is 537 g/mol. The Morgan fingerprint density at radius 1 is 1.00 bits per heavy atom. The molecule has 2 atom stereocenters. The van der Waals surface area contributed by atoms with Gasteiger partial charge in [-0.2, -0.15) is 26.3 Å². The Kier molecular flexibility index (Phi) is 8.20. The van der Waals surface area contributed by atoms with Crippen molar-refractivity contribution in [2.45, 2.75) is 70.3 Å². The van der Waals surface area contributed by atoms with Gasteiger partial charge < -0.3 is 9.47 Å². The van der Waals surface area contributed by atoms with Crippen LogP contribution in [0.25, 0.3) is 0 Å². The molecule has 0 unspecified atom stereocenters. The van der Waals surface area contributed by atoms with Gasteiger partial charge in [0.2, 0.25) is 0 Å². The Hall–Kier alpha value is -2.46. The molecule has 0 N–H and O–H groups in total. The zero-order chi connectivity index (χ0) is 26.9. The molecule has 2 aromatic carbocycles. The molecule has 11 heteroatoms. The topological polar surface area (TPSA) is 38.8 Å². The van der Waals surface area contributed by atoms with Gasteiger partial charge in [-0.25, -0.2) is 4.79 Å². The minimum Gasteiger partial charge on any atom is -0.444 e. The summed E-state index contributed by atoms with van der Waals surface area (Å²) in [5, 5.41) is 0.397. The number of likely N-dealkylation sites (tertiary alicyclic amines) is 1. The van der Waals surface area contributed by atoms with Crippen LogP contribution in [0.4, 0.5) is 31.1 Å². The normalized spacial score (nSPS) is 19.3. The quantitative estimate of drug-likeness (QED) is 0.371. The predicted octanol–water partition coefficient (Wildman–Crippen LogP) is 8.04. The molecule has 0 aromatic heterocycles. The first-order valence-corrected chi connectivity index (χ1v) is 11.6. The summed E-state index contributed by atoms with van der Waals surface area (Å²) in [5.74, 6) is 0. The van der Waals surface area contributed by atoms with Crippen LogP contribution in [0.1, 0.15) is 61.9 Å². The molecule has 3 rings (SSSR count). The summed E-state index contributed by atoms with van der Waals surface area (Å²) < 4.78 is 90.9. The van der Waals surface area contributed by atoms with Gasteiger partial charge in [0.1, 0.15) is 5.60 Å². The van der Waals surface area contributed by atoms with Crippen LogP contribution in [0.3, 0.4) is 0 Å². The van der Waals surface area contributed by atoms with Crippen molar-refractivity contribution in [3.05, 3.63) is 69.7 Å². The van der Waals surface area contributed by atoms with E-state index in [1.165, 1.54) is 4.90 Å². The van der Waals surface area contributed by atoms with Gasteiger partial charge in [0.05, 0.1) is 29.9 Å². The van der Waals surface area contributed by atoms with Gasteiger partial charge in [0.15, 0.2) is 0 Å². The van der Waals surface area contributed by atoms with E-state index in [0.717, 1.165) is 0 Å². The lowest BCUT2D eigenvalue weighted by molar-refractivity contribution is -0.143. The third-order valence-electron chi connectivity index (χ3n) is 5.51. The van der Waals surface area contributed by atoms with E-state index in [1.54, 1.807) is 45.0 Å². The predicted molar refractivity (Wildman–Crippen MR) is 121 cm³/mol. The Bertz CT molecular complexity index is 1050. The van der Waals surface area contributed by atoms with Crippen molar-refractivity contribution in [2.75, 3.05) is 6.54 Å². The van der Waals surface area contributed by atoms with Crippen molar-refractivity contribution in [3.63, 3.8) is 0 Å². The lowest BCUT2D eigenvalue weighted by Gasteiger charge is -2.41. The van der Waals surface area contributed by atoms with Crippen molar-refractivity contribution in [3.8, 4) is 0 Å². The van der Waals surface area contributed by atoms with Gasteiger partial charge in [0, 0.05) is 11.6 Å². The highest BCUT2D eigenvalue weighted by molar-refractivity contribution is 6.30. The molecule has 2 aromatic rings. The second-order valence-corrected chi connectivity index (χ2v) is 10.0. The highest BCUT2D eigenvalue weighted by atomic mass is 35.5. The van der Waals surface area contributed by atoms with E-state index in [4.69, 9.17) is 21.1 Å². The molecule has 1 aliphatic heterocycles. The summed E-state index contributed by atoms with van der Waals surface area (Å²) >= 11 is 6.15. The number of nitrogens with zero attached hydrogens (tertiary/aromatic N) is 1.